The van der Waals surface area contributed by atoms with E-state index in [1.807, 2.05) is 60.9 Å². The lowest BCUT2D eigenvalue weighted by molar-refractivity contribution is 0.0686. The maximum Gasteiger partial charge on any atom is 0.351 e. The number of carbonyl (C=O) groups is 1. The van der Waals surface area contributed by atoms with E-state index in [9.17, 15) is 9.90 Å². The van der Waals surface area contributed by atoms with Crippen LogP contribution >= 0.6 is 11.8 Å². The number of nitrogens with zero attached hydrogens (tertiary/aromatic N) is 2. The van der Waals surface area contributed by atoms with Crippen molar-refractivity contribution in [2.24, 2.45) is 7.05 Å². The Morgan fingerprint density at radius 2 is 1.60 bits per heavy atom. The first kappa shape index (κ1) is 16.9. The molecule has 1 heterocycles. The van der Waals surface area contributed by atoms with Crippen molar-refractivity contribution in [3.8, 4) is 22.3 Å². The van der Waals surface area contributed by atoms with Crippen molar-refractivity contribution in [1.29, 1.82) is 0 Å². The van der Waals surface area contributed by atoms with E-state index in [0.717, 1.165) is 16.7 Å². The van der Waals surface area contributed by atoms with Crippen LogP contribution in [-0.2, 0) is 7.05 Å². The van der Waals surface area contributed by atoms with Gasteiger partial charge in [-0.2, -0.15) is 0 Å². The normalized spacial score (nSPS) is 10.4. The van der Waals surface area contributed by atoms with Gasteiger partial charge in [0.05, 0.1) is 11.6 Å². The molecule has 0 aliphatic rings. The molecule has 25 heavy (non-hydrogen) atoms. The molecule has 1 aromatic heterocycles. The van der Waals surface area contributed by atoms with Crippen LogP contribution in [0.25, 0.3) is 27.1 Å². The summed E-state index contributed by atoms with van der Waals surface area (Å²) >= 11 is 1.38. The van der Waals surface area contributed by atoms with Gasteiger partial charge in [-0.15, -0.1) is 11.8 Å². The van der Waals surface area contributed by atoms with Gasteiger partial charge in [-0.25, -0.2) is 9.64 Å². The summed E-state index contributed by atoms with van der Waals surface area (Å²) in [5.74, 6) is -1.03. The molecule has 3 aromatic rings. The average molecular weight is 348 g/mol. The second-order valence-electron chi connectivity index (χ2n) is 5.50. The van der Waals surface area contributed by atoms with Crippen LogP contribution in [0.5, 0.6) is 0 Å². The minimum atomic E-state index is -1.03. The molecule has 2 aromatic carbocycles. The van der Waals surface area contributed by atoms with Gasteiger partial charge in [0, 0.05) is 12.6 Å². The zero-order chi connectivity index (χ0) is 18.0. The van der Waals surface area contributed by atoms with E-state index in [-0.39, 0.29) is 5.69 Å². The van der Waals surface area contributed by atoms with Crippen molar-refractivity contribution in [2.45, 2.75) is 5.03 Å². The van der Waals surface area contributed by atoms with Gasteiger partial charge in [0.2, 0.25) is 5.69 Å². The third kappa shape index (κ3) is 2.92. The van der Waals surface area contributed by atoms with Crippen molar-refractivity contribution in [3.05, 3.63) is 71.7 Å². The summed E-state index contributed by atoms with van der Waals surface area (Å²) in [6, 6.07) is 17.6. The first-order chi connectivity index (χ1) is 12.1. The van der Waals surface area contributed by atoms with Crippen molar-refractivity contribution in [2.75, 3.05) is 6.26 Å². The van der Waals surface area contributed by atoms with E-state index in [2.05, 4.69) is 4.85 Å². The summed E-state index contributed by atoms with van der Waals surface area (Å²) in [5, 5.41) is 10.3. The monoisotopic (exact) mass is 348 g/mol. The Morgan fingerprint density at radius 1 is 1.04 bits per heavy atom. The number of benzene rings is 2. The number of hydrogen-bond acceptors (Lipinski definition) is 2. The molecule has 0 aliphatic carbocycles. The van der Waals surface area contributed by atoms with Crippen LogP contribution in [0.15, 0.2) is 59.6 Å². The van der Waals surface area contributed by atoms with Crippen LogP contribution in [-0.4, -0.2) is 21.9 Å². The third-order valence-electron chi connectivity index (χ3n) is 4.10. The highest BCUT2D eigenvalue weighted by Gasteiger charge is 2.26. The van der Waals surface area contributed by atoms with Gasteiger partial charge in [-0.3, -0.25) is 0 Å². The summed E-state index contributed by atoms with van der Waals surface area (Å²) < 4.78 is 1.58. The van der Waals surface area contributed by atoms with E-state index >= 15 is 0 Å². The number of hydrogen-bond donors (Lipinski definition) is 1. The molecular weight excluding hydrogens is 332 g/mol. The topological polar surface area (TPSA) is 46.6 Å². The van der Waals surface area contributed by atoms with Gasteiger partial charge in [0.1, 0.15) is 5.69 Å². The van der Waals surface area contributed by atoms with Crippen LogP contribution in [0, 0.1) is 6.57 Å². The highest BCUT2D eigenvalue weighted by atomic mass is 32.2. The fourth-order valence-corrected chi connectivity index (χ4v) is 3.67. The Kier molecular flexibility index (Phi) is 4.64. The quantitative estimate of drug-likeness (QED) is 0.512. The number of thioether (sulfide) groups is 1. The molecular formula is C20H16N2O2S. The molecule has 5 heteroatoms. The summed E-state index contributed by atoms with van der Waals surface area (Å²) in [4.78, 5) is 15.4. The molecule has 0 saturated carbocycles. The van der Waals surface area contributed by atoms with E-state index in [1.165, 1.54) is 11.8 Å². The number of aromatic carboxylic acids is 1. The number of rotatable bonds is 4. The number of carboxylic acid groups (broad SMARTS) is 1. The van der Waals surface area contributed by atoms with Crippen LogP contribution in [0.3, 0.4) is 0 Å². The summed E-state index contributed by atoms with van der Waals surface area (Å²) in [7, 11) is 1.69. The first-order valence-corrected chi connectivity index (χ1v) is 8.84. The molecule has 124 valence electrons. The van der Waals surface area contributed by atoms with Crippen molar-refractivity contribution in [1.82, 2.24) is 4.57 Å². The third-order valence-corrected chi connectivity index (χ3v) is 4.96. The minimum Gasteiger partial charge on any atom is -0.477 e. The van der Waals surface area contributed by atoms with Gasteiger partial charge in [0.25, 0.3) is 0 Å². The van der Waals surface area contributed by atoms with Gasteiger partial charge < -0.3 is 9.67 Å². The molecule has 1 N–H and O–H groups in total. The molecule has 0 radical (unpaired) electrons. The SMILES string of the molecule is [C-]#[N+]c1c(-c2ccc(-c3ccccc3)cc2)c(C(=O)O)n(C)c1SC. The fourth-order valence-electron chi connectivity index (χ4n) is 2.97. The highest BCUT2D eigenvalue weighted by molar-refractivity contribution is 7.98. The summed E-state index contributed by atoms with van der Waals surface area (Å²) in [5.41, 5.74) is 3.89. The molecule has 0 fully saturated rings. The van der Waals surface area contributed by atoms with Crippen LogP contribution in [0.1, 0.15) is 10.5 Å². The Labute approximate surface area is 150 Å². The second kappa shape index (κ2) is 6.88. The van der Waals surface area contributed by atoms with E-state index in [0.29, 0.717) is 16.3 Å². The molecule has 0 aliphatic heterocycles. The predicted octanol–water partition coefficient (Wildman–Crippen LogP) is 5.33. The minimum absolute atomic E-state index is 0.141. The fraction of sp³-hybridized carbons (Fsp3) is 0.100. The molecule has 3 rings (SSSR count). The number of carboxylic acids is 1. The van der Waals surface area contributed by atoms with Crippen LogP contribution < -0.4 is 0 Å². The van der Waals surface area contributed by atoms with Crippen LogP contribution in [0.4, 0.5) is 5.69 Å². The Balaban J connectivity index is 2.17. The maximum atomic E-state index is 11.8. The molecule has 0 atom stereocenters. The van der Waals surface area contributed by atoms with Gasteiger partial charge in [-0.1, -0.05) is 54.6 Å². The maximum absolute atomic E-state index is 11.8. The number of aromatic nitrogens is 1. The van der Waals surface area contributed by atoms with Gasteiger partial charge >= 0.3 is 5.97 Å². The van der Waals surface area contributed by atoms with E-state index in [1.54, 1.807) is 11.6 Å². The molecule has 4 nitrogen and oxygen atoms in total. The first-order valence-electron chi connectivity index (χ1n) is 7.61. The summed E-state index contributed by atoms with van der Waals surface area (Å²) in [6.45, 7) is 7.51. The van der Waals surface area contributed by atoms with Crippen molar-refractivity contribution >= 4 is 23.4 Å². The molecule has 0 bridgehead atoms. The van der Waals surface area contributed by atoms with Crippen molar-refractivity contribution in [3.63, 3.8) is 0 Å². The molecule has 0 unspecified atom stereocenters. The molecule has 0 amide bonds. The standard InChI is InChI=1S/C20H16N2O2S/c1-21-17-16(18(20(23)24)22(2)19(17)25-3)15-11-9-14(10-12-15)13-7-5-4-6-8-13/h4-12H,2-3H3,(H,23,24). The van der Waals surface area contributed by atoms with Gasteiger partial charge in [-0.05, 0) is 22.9 Å². The second-order valence-corrected chi connectivity index (χ2v) is 6.30. The highest BCUT2D eigenvalue weighted by Crippen LogP contribution is 2.43. The smallest absolute Gasteiger partial charge is 0.351 e. The Morgan fingerprint density at radius 3 is 2.12 bits per heavy atom. The predicted molar refractivity (Wildman–Crippen MR) is 101 cm³/mol. The van der Waals surface area contributed by atoms with E-state index in [4.69, 9.17) is 6.57 Å². The van der Waals surface area contributed by atoms with Crippen molar-refractivity contribution < 1.29 is 9.90 Å². The molecule has 0 saturated heterocycles. The Bertz CT molecular complexity index is 968. The average Bonchev–Trinajstić information content (AvgIpc) is 2.94. The van der Waals surface area contributed by atoms with E-state index < -0.39 is 5.97 Å². The zero-order valence-electron chi connectivity index (χ0n) is 13.9. The molecule has 0 spiro atoms. The van der Waals surface area contributed by atoms with Gasteiger partial charge in [0.15, 0.2) is 0 Å². The Hall–Kier alpha value is -2.97. The largest absolute Gasteiger partial charge is 0.477 e. The zero-order valence-corrected chi connectivity index (χ0v) is 14.7. The lowest BCUT2D eigenvalue weighted by atomic mass is 9.99. The van der Waals surface area contributed by atoms with Crippen LogP contribution in [0.2, 0.25) is 0 Å². The lowest BCUT2D eigenvalue weighted by Gasteiger charge is -2.07. The summed E-state index contributed by atoms with van der Waals surface area (Å²) in [6.07, 6.45) is 1.85. The lowest BCUT2D eigenvalue weighted by Crippen LogP contribution is -2.06.